The second-order valence-electron chi connectivity index (χ2n) is 5.25. The summed E-state index contributed by atoms with van der Waals surface area (Å²) in [7, 11) is 0. The molecular formula is C20H20N2OS. The van der Waals surface area contributed by atoms with Crippen LogP contribution in [0.5, 0.6) is 5.75 Å². The summed E-state index contributed by atoms with van der Waals surface area (Å²) in [5.41, 5.74) is 2.11. The minimum Gasteiger partial charge on any atom is -0.493 e. The Balaban J connectivity index is 1.97. The zero-order valence-electron chi connectivity index (χ0n) is 13.6. The van der Waals surface area contributed by atoms with Crippen LogP contribution in [0.1, 0.15) is 18.9 Å². The SMILES string of the molecule is CCCOc1ccccc1/C(=C/Sc1ccccc1)n1ccnc1. The third-order valence-corrected chi connectivity index (χ3v) is 4.34. The first kappa shape index (κ1) is 16.4. The number of aromatic nitrogens is 2. The first-order valence-electron chi connectivity index (χ1n) is 8.01. The van der Waals surface area contributed by atoms with Gasteiger partial charge < -0.3 is 9.30 Å². The highest BCUT2D eigenvalue weighted by Crippen LogP contribution is 2.31. The molecule has 0 N–H and O–H groups in total. The summed E-state index contributed by atoms with van der Waals surface area (Å²) in [6.45, 7) is 2.82. The maximum atomic E-state index is 5.93. The van der Waals surface area contributed by atoms with Crippen molar-refractivity contribution in [3.8, 4) is 5.75 Å². The molecule has 0 aliphatic heterocycles. The van der Waals surface area contributed by atoms with Crippen LogP contribution < -0.4 is 4.74 Å². The normalized spacial score (nSPS) is 11.5. The van der Waals surface area contributed by atoms with Crippen LogP contribution in [0.4, 0.5) is 0 Å². The minimum absolute atomic E-state index is 0.708. The van der Waals surface area contributed by atoms with Gasteiger partial charge in [-0.05, 0) is 30.7 Å². The first-order valence-corrected chi connectivity index (χ1v) is 8.89. The maximum Gasteiger partial charge on any atom is 0.128 e. The van der Waals surface area contributed by atoms with Crippen LogP contribution in [0.2, 0.25) is 0 Å². The Kier molecular flexibility index (Phi) is 5.75. The van der Waals surface area contributed by atoms with E-state index in [1.54, 1.807) is 18.0 Å². The van der Waals surface area contributed by atoms with Gasteiger partial charge >= 0.3 is 0 Å². The van der Waals surface area contributed by atoms with Crippen molar-refractivity contribution >= 4 is 17.5 Å². The zero-order chi connectivity index (χ0) is 16.6. The molecule has 4 heteroatoms. The number of ether oxygens (including phenoxy) is 1. The molecule has 3 rings (SSSR count). The highest BCUT2D eigenvalue weighted by atomic mass is 32.2. The molecule has 0 aliphatic carbocycles. The summed E-state index contributed by atoms with van der Waals surface area (Å²) in [6, 6.07) is 18.5. The Hall–Kier alpha value is -2.46. The van der Waals surface area contributed by atoms with Crippen LogP contribution in [0.15, 0.2) is 83.6 Å². The van der Waals surface area contributed by atoms with Crippen molar-refractivity contribution in [1.29, 1.82) is 0 Å². The van der Waals surface area contributed by atoms with Crippen molar-refractivity contribution in [1.82, 2.24) is 9.55 Å². The van der Waals surface area contributed by atoms with Crippen molar-refractivity contribution < 1.29 is 4.74 Å². The molecule has 0 saturated carbocycles. The summed E-state index contributed by atoms with van der Waals surface area (Å²) >= 11 is 1.69. The van der Waals surface area contributed by atoms with Crippen LogP contribution >= 0.6 is 11.8 Å². The molecule has 0 atom stereocenters. The van der Waals surface area contributed by atoms with E-state index in [9.17, 15) is 0 Å². The molecule has 0 unspecified atom stereocenters. The number of thioether (sulfide) groups is 1. The number of rotatable bonds is 7. The van der Waals surface area contributed by atoms with E-state index >= 15 is 0 Å². The lowest BCUT2D eigenvalue weighted by molar-refractivity contribution is 0.316. The van der Waals surface area contributed by atoms with Gasteiger partial charge in [0.05, 0.1) is 18.6 Å². The van der Waals surface area contributed by atoms with Crippen molar-refractivity contribution in [2.45, 2.75) is 18.2 Å². The molecule has 1 heterocycles. The van der Waals surface area contributed by atoms with Crippen LogP contribution in [0.3, 0.4) is 0 Å². The van der Waals surface area contributed by atoms with E-state index in [1.807, 2.05) is 53.5 Å². The molecule has 122 valence electrons. The third kappa shape index (κ3) is 4.09. The average molecular weight is 336 g/mol. The average Bonchev–Trinajstić information content (AvgIpc) is 3.16. The molecule has 24 heavy (non-hydrogen) atoms. The Morgan fingerprint density at radius 3 is 2.67 bits per heavy atom. The lowest BCUT2D eigenvalue weighted by Gasteiger charge is -2.14. The van der Waals surface area contributed by atoms with Crippen LogP contribution in [-0.2, 0) is 0 Å². The summed E-state index contributed by atoms with van der Waals surface area (Å²) in [5.74, 6) is 0.896. The fourth-order valence-corrected chi connectivity index (χ4v) is 3.11. The molecule has 3 aromatic rings. The van der Waals surface area contributed by atoms with Gasteiger partial charge in [-0.15, -0.1) is 0 Å². The van der Waals surface area contributed by atoms with Gasteiger partial charge in [0.25, 0.3) is 0 Å². The number of hydrogen-bond acceptors (Lipinski definition) is 3. The van der Waals surface area contributed by atoms with E-state index in [0.29, 0.717) is 6.61 Å². The van der Waals surface area contributed by atoms with Gasteiger partial charge in [0.1, 0.15) is 5.75 Å². The van der Waals surface area contributed by atoms with Crippen molar-refractivity contribution in [2.24, 2.45) is 0 Å². The number of imidazole rings is 1. The standard InChI is InChI=1S/C20H20N2OS/c1-2-14-23-20-11-7-6-10-18(20)19(22-13-12-21-16-22)15-24-17-8-4-3-5-9-17/h3-13,15-16H,2,14H2,1H3/b19-15-. The summed E-state index contributed by atoms with van der Waals surface area (Å²) in [5, 5.41) is 2.14. The molecule has 0 radical (unpaired) electrons. The van der Waals surface area contributed by atoms with Gasteiger partial charge in [-0.25, -0.2) is 4.98 Å². The minimum atomic E-state index is 0.708. The van der Waals surface area contributed by atoms with Gasteiger partial charge in [-0.2, -0.15) is 0 Å². The van der Waals surface area contributed by atoms with E-state index in [2.05, 4.69) is 35.5 Å². The van der Waals surface area contributed by atoms with Crippen molar-refractivity contribution in [2.75, 3.05) is 6.61 Å². The molecule has 2 aromatic carbocycles. The van der Waals surface area contributed by atoms with E-state index < -0.39 is 0 Å². The topological polar surface area (TPSA) is 27.1 Å². The smallest absolute Gasteiger partial charge is 0.128 e. The fourth-order valence-electron chi connectivity index (χ4n) is 2.30. The fraction of sp³-hybridized carbons (Fsp3) is 0.150. The molecule has 0 amide bonds. The molecule has 0 saturated heterocycles. The third-order valence-electron chi connectivity index (χ3n) is 3.46. The number of para-hydroxylation sites is 1. The number of hydrogen-bond donors (Lipinski definition) is 0. The lowest BCUT2D eigenvalue weighted by Crippen LogP contribution is -2.02. The van der Waals surface area contributed by atoms with E-state index in [4.69, 9.17) is 4.74 Å². The summed E-state index contributed by atoms with van der Waals surface area (Å²) in [6.07, 6.45) is 6.54. The molecule has 3 nitrogen and oxygen atoms in total. The molecular weight excluding hydrogens is 316 g/mol. The van der Waals surface area contributed by atoms with E-state index in [-0.39, 0.29) is 0 Å². The van der Waals surface area contributed by atoms with Gasteiger partial charge in [0, 0.05) is 28.3 Å². The van der Waals surface area contributed by atoms with Gasteiger partial charge in [-0.1, -0.05) is 49.0 Å². The maximum absolute atomic E-state index is 5.93. The highest BCUT2D eigenvalue weighted by Gasteiger charge is 2.10. The van der Waals surface area contributed by atoms with Gasteiger partial charge in [-0.3, -0.25) is 0 Å². The van der Waals surface area contributed by atoms with Crippen molar-refractivity contribution in [3.05, 3.63) is 84.3 Å². The van der Waals surface area contributed by atoms with Gasteiger partial charge in [0.2, 0.25) is 0 Å². The van der Waals surface area contributed by atoms with Crippen LogP contribution in [-0.4, -0.2) is 16.2 Å². The Bertz CT molecular complexity index is 782. The zero-order valence-corrected chi connectivity index (χ0v) is 14.4. The van der Waals surface area contributed by atoms with Crippen LogP contribution in [0, 0.1) is 0 Å². The lowest BCUT2D eigenvalue weighted by atomic mass is 10.1. The number of nitrogens with zero attached hydrogens (tertiary/aromatic N) is 2. The second kappa shape index (κ2) is 8.41. The van der Waals surface area contributed by atoms with Crippen LogP contribution in [0.25, 0.3) is 5.70 Å². The Labute approximate surface area is 147 Å². The van der Waals surface area contributed by atoms with E-state index in [1.165, 1.54) is 4.90 Å². The van der Waals surface area contributed by atoms with Gasteiger partial charge in [0.15, 0.2) is 0 Å². The monoisotopic (exact) mass is 336 g/mol. The molecule has 0 fully saturated rings. The quantitative estimate of drug-likeness (QED) is 0.547. The molecule has 0 bridgehead atoms. The van der Waals surface area contributed by atoms with E-state index in [0.717, 1.165) is 23.4 Å². The Morgan fingerprint density at radius 2 is 1.92 bits per heavy atom. The second-order valence-corrected chi connectivity index (χ2v) is 6.19. The first-order chi connectivity index (χ1) is 11.9. The summed E-state index contributed by atoms with van der Waals surface area (Å²) in [4.78, 5) is 5.38. The molecule has 1 aromatic heterocycles. The predicted octanol–water partition coefficient (Wildman–Crippen LogP) is 5.31. The largest absolute Gasteiger partial charge is 0.493 e. The highest BCUT2D eigenvalue weighted by molar-refractivity contribution is 8.02. The number of benzene rings is 2. The molecule has 0 aliphatic rings. The molecule has 0 spiro atoms. The Morgan fingerprint density at radius 1 is 1.12 bits per heavy atom. The summed E-state index contributed by atoms with van der Waals surface area (Å²) < 4.78 is 7.95. The predicted molar refractivity (Wildman–Crippen MR) is 100 cm³/mol. The van der Waals surface area contributed by atoms with Crippen molar-refractivity contribution in [3.63, 3.8) is 0 Å².